The molecule has 0 saturated heterocycles. The summed E-state index contributed by atoms with van der Waals surface area (Å²) in [6.45, 7) is 1.87. The smallest absolute Gasteiger partial charge is 0.322 e. The van der Waals surface area contributed by atoms with Gasteiger partial charge in [0.25, 0.3) is 0 Å². The molecule has 2 aromatic rings. The van der Waals surface area contributed by atoms with E-state index >= 15 is 0 Å². The first-order valence-corrected chi connectivity index (χ1v) is 9.58. The van der Waals surface area contributed by atoms with Crippen LogP contribution >= 0.6 is 11.6 Å². The number of benzene rings is 2. The number of carbonyl (C=O) groups is 1. The first-order valence-electron chi connectivity index (χ1n) is 7.76. The molecule has 0 radical (unpaired) electrons. The number of methoxy groups -OCH3 is 1. The number of carboxylic acids is 1. The molecule has 0 aliphatic heterocycles. The Bertz CT molecular complexity index is 896. The van der Waals surface area contributed by atoms with Crippen LogP contribution in [0.15, 0.2) is 47.4 Å². The molecule has 0 bridgehead atoms. The van der Waals surface area contributed by atoms with Crippen molar-refractivity contribution in [1.82, 2.24) is 4.31 Å². The van der Waals surface area contributed by atoms with Crippen LogP contribution in [-0.4, -0.2) is 44.0 Å². The van der Waals surface area contributed by atoms with Gasteiger partial charge in [-0.15, -0.1) is 0 Å². The average molecular weight is 398 g/mol. The van der Waals surface area contributed by atoms with Crippen molar-refractivity contribution in [3.8, 4) is 5.75 Å². The number of hydrogen-bond donors (Lipinski definition) is 1. The topological polar surface area (TPSA) is 83.9 Å². The predicted octanol–water partition coefficient (Wildman–Crippen LogP) is 2.97. The molecule has 0 heterocycles. The summed E-state index contributed by atoms with van der Waals surface area (Å²) in [5.41, 5.74) is 1.55. The summed E-state index contributed by atoms with van der Waals surface area (Å²) in [5.74, 6) is -0.729. The van der Waals surface area contributed by atoms with Gasteiger partial charge in [0.15, 0.2) is 0 Å². The molecule has 2 aromatic carbocycles. The van der Waals surface area contributed by atoms with E-state index in [0.717, 1.165) is 9.87 Å². The minimum absolute atomic E-state index is 0.0214. The number of carboxylic acid groups (broad SMARTS) is 1. The summed E-state index contributed by atoms with van der Waals surface area (Å²) in [5, 5.41) is 10.0. The second kappa shape index (κ2) is 8.07. The number of aliphatic carboxylic acids is 1. The van der Waals surface area contributed by atoms with Crippen LogP contribution in [0.4, 0.5) is 0 Å². The molecule has 0 aromatic heterocycles. The molecule has 0 aliphatic rings. The predicted molar refractivity (Wildman–Crippen MR) is 99.3 cm³/mol. The molecule has 1 N–H and O–H groups in total. The zero-order chi connectivity index (χ0) is 19.5. The van der Waals surface area contributed by atoms with Crippen molar-refractivity contribution < 1.29 is 23.1 Å². The van der Waals surface area contributed by atoms with Crippen LogP contribution in [0.2, 0.25) is 5.02 Å². The van der Waals surface area contributed by atoms with Gasteiger partial charge in [-0.3, -0.25) is 4.79 Å². The molecule has 0 saturated carbocycles. The van der Waals surface area contributed by atoms with E-state index in [-0.39, 0.29) is 11.3 Å². The van der Waals surface area contributed by atoms with E-state index in [1.807, 2.05) is 13.0 Å². The van der Waals surface area contributed by atoms with Crippen LogP contribution in [0.3, 0.4) is 0 Å². The summed E-state index contributed by atoms with van der Waals surface area (Å²) >= 11 is 5.79. The Morgan fingerprint density at radius 3 is 2.38 bits per heavy atom. The van der Waals surface area contributed by atoms with Crippen molar-refractivity contribution in [3.63, 3.8) is 0 Å². The Kier molecular flexibility index (Phi) is 6.28. The molecule has 0 fully saturated rings. The van der Waals surface area contributed by atoms with Crippen molar-refractivity contribution in [2.75, 3.05) is 14.2 Å². The first kappa shape index (κ1) is 20.2. The van der Waals surface area contributed by atoms with E-state index in [1.54, 1.807) is 12.1 Å². The third kappa shape index (κ3) is 4.35. The molecule has 140 valence electrons. The zero-order valence-corrected chi connectivity index (χ0v) is 16.2. The van der Waals surface area contributed by atoms with Gasteiger partial charge in [-0.05, 0) is 42.8 Å². The largest absolute Gasteiger partial charge is 0.496 e. The van der Waals surface area contributed by atoms with Gasteiger partial charge < -0.3 is 9.84 Å². The van der Waals surface area contributed by atoms with E-state index in [2.05, 4.69) is 0 Å². The van der Waals surface area contributed by atoms with E-state index in [4.69, 9.17) is 16.3 Å². The lowest BCUT2D eigenvalue weighted by molar-refractivity contribution is -0.141. The Labute approximate surface area is 158 Å². The van der Waals surface area contributed by atoms with Crippen molar-refractivity contribution in [2.24, 2.45) is 0 Å². The van der Waals surface area contributed by atoms with Crippen LogP contribution in [0.1, 0.15) is 11.1 Å². The number of rotatable bonds is 7. The van der Waals surface area contributed by atoms with E-state index < -0.39 is 22.0 Å². The lowest BCUT2D eigenvalue weighted by Crippen LogP contribution is -2.43. The molecule has 0 unspecified atom stereocenters. The van der Waals surface area contributed by atoms with Gasteiger partial charge in [-0.1, -0.05) is 29.3 Å². The SMILES string of the molecule is COc1ccc(C)cc1C[C@H](C(=O)O)N(C)S(=O)(=O)c1ccc(Cl)cc1. The fourth-order valence-corrected chi connectivity index (χ4v) is 4.03. The molecule has 6 nitrogen and oxygen atoms in total. The maximum absolute atomic E-state index is 12.8. The summed E-state index contributed by atoms with van der Waals surface area (Å²) < 4.78 is 31.7. The molecule has 1 atom stereocenters. The van der Waals surface area contributed by atoms with Crippen LogP contribution in [0.25, 0.3) is 0 Å². The second-order valence-corrected chi connectivity index (χ2v) is 8.28. The van der Waals surface area contributed by atoms with E-state index in [1.165, 1.54) is 38.4 Å². The van der Waals surface area contributed by atoms with Gasteiger partial charge in [0.05, 0.1) is 12.0 Å². The highest BCUT2D eigenvalue weighted by Crippen LogP contribution is 2.25. The summed E-state index contributed by atoms with van der Waals surface area (Å²) in [4.78, 5) is 11.8. The van der Waals surface area contributed by atoms with Crippen molar-refractivity contribution >= 4 is 27.6 Å². The fourth-order valence-electron chi connectivity index (χ4n) is 2.59. The van der Waals surface area contributed by atoms with Gasteiger partial charge in [0.1, 0.15) is 11.8 Å². The fraction of sp³-hybridized carbons (Fsp3) is 0.278. The highest BCUT2D eigenvalue weighted by atomic mass is 35.5. The van der Waals surface area contributed by atoms with Crippen LogP contribution < -0.4 is 4.74 Å². The number of sulfonamides is 1. The molecule has 8 heteroatoms. The number of nitrogens with zero attached hydrogens (tertiary/aromatic N) is 1. The highest BCUT2D eigenvalue weighted by Gasteiger charge is 2.33. The molecule has 26 heavy (non-hydrogen) atoms. The Hall–Kier alpha value is -2.09. The van der Waals surface area contributed by atoms with Gasteiger partial charge in [-0.25, -0.2) is 8.42 Å². The standard InChI is InChI=1S/C18H20ClNO5S/c1-12-4-9-17(25-3)13(10-12)11-16(18(21)22)20(2)26(23,24)15-7-5-14(19)6-8-15/h4-10,16H,11H2,1-3H3,(H,21,22)/t16-/m1/s1. The zero-order valence-electron chi connectivity index (χ0n) is 14.6. The third-order valence-electron chi connectivity index (χ3n) is 4.06. The maximum atomic E-state index is 12.8. The maximum Gasteiger partial charge on any atom is 0.322 e. The average Bonchev–Trinajstić information content (AvgIpc) is 2.59. The Balaban J connectivity index is 2.39. The van der Waals surface area contributed by atoms with Crippen LogP contribution in [0, 0.1) is 6.92 Å². The monoisotopic (exact) mass is 397 g/mol. The second-order valence-electron chi connectivity index (χ2n) is 5.85. The molecular formula is C18H20ClNO5S. The first-order chi connectivity index (χ1) is 12.2. The van der Waals surface area contributed by atoms with Gasteiger partial charge in [-0.2, -0.15) is 4.31 Å². The summed E-state index contributed by atoms with van der Waals surface area (Å²) in [6.07, 6.45) is -0.0243. The molecule has 2 rings (SSSR count). The van der Waals surface area contributed by atoms with Gasteiger partial charge in [0, 0.05) is 18.5 Å². The molecule has 0 spiro atoms. The van der Waals surface area contributed by atoms with Gasteiger partial charge >= 0.3 is 5.97 Å². The quantitative estimate of drug-likeness (QED) is 0.776. The van der Waals surface area contributed by atoms with Gasteiger partial charge in [0.2, 0.25) is 10.0 Å². The van der Waals surface area contributed by atoms with Crippen molar-refractivity contribution in [2.45, 2.75) is 24.3 Å². The number of aryl methyl sites for hydroxylation is 1. The molecular weight excluding hydrogens is 378 g/mol. The van der Waals surface area contributed by atoms with Crippen molar-refractivity contribution in [1.29, 1.82) is 0 Å². The Morgan fingerprint density at radius 1 is 1.23 bits per heavy atom. The summed E-state index contributed by atoms with van der Waals surface area (Å²) in [7, 11) is -1.26. The van der Waals surface area contributed by atoms with E-state index in [9.17, 15) is 18.3 Å². The highest BCUT2D eigenvalue weighted by molar-refractivity contribution is 7.89. The third-order valence-corrected chi connectivity index (χ3v) is 6.20. The summed E-state index contributed by atoms with van der Waals surface area (Å²) in [6, 6.07) is 9.66. The normalized spacial score (nSPS) is 12.8. The van der Waals surface area contributed by atoms with Crippen molar-refractivity contribution in [3.05, 3.63) is 58.6 Å². The molecule has 0 amide bonds. The number of ether oxygens (including phenoxy) is 1. The minimum atomic E-state index is -4.00. The van der Waals surface area contributed by atoms with E-state index in [0.29, 0.717) is 16.3 Å². The van der Waals surface area contributed by atoms with Crippen LogP contribution in [-0.2, 0) is 21.2 Å². The lowest BCUT2D eigenvalue weighted by Gasteiger charge is -2.25. The number of likely N-dealkylation sites (N-methyl/N-ethyl adjacent to an activating group) is 1. The minimum Gasteiger partial charge on any atom is -0.496 e. The molecule has 0 aliphatic carbocycles. The Morgan fingerprint density at radius 2 is 1.85 bits per heavy atom. The van der Waals surface area contributed by atoms with Crippen LogP contribution in [0.5, 0.6) is 5.75 Å². The number of hydrogen-bond acceptors (Lipinski definition) is 4. The number of halogens is 1. The lowest BCUT2D eigenvalue weighted by atomic mass is 10.0.